The van der Waals surface area contributed by atoms with Crippen molar-refractivity contribution in [2.45, 2.75) is 12.8 Å². The molecule has 0 aromatic heterocycles. The second-order valence-electron chi connectivity index (χ2n) is 4.61. The van der Waals surface area contributed by atoms with Gasteiger partial charge in [0.1, 0.15) is 17.3 Å². The van der Waals surface area contributed by atoms with Gasteiger partial charge in [0.2, 0.25) is 0 Å². The average molecular weight is 252 g/mol. The Morgan fingerprint density at radius 2 is 1.74 bits per heavy atom. The van der Waals surface area contributed by atoms with Gasteiger partial charge in [-0.15, -0.1) is 0 Å². The highest BCUT2D eigenvalue weighted by Crippen LogP contribution is 2.28. The minimum atomic E-state index is 0.692. The molecule has 1 fully saturated rings. The van der Waals surface area contributed by atoms with Crippen LogP contribution < -0.4 is 9.64 Å². The lowest BCUT2D eigenvalue weighted by molar-refractivity contribution is 0.483. The predicted molar refractivity (Wildman–Crippen MR) is 77.3 cm³/mol. The summed E-state index contributed by atoms with van der Waals surface area (Å²) in [4.78, 5) is 2.04. The molecule has 3 rings (SSSR count). The van der Waals surface area contributed by atoms with Crippen LogP contribution in [0.2, 0.25) is 0 Å². The van der Waals surface area contributed by atoms with Gasteiger partial charge in [0, 0.05) is 24.7 Å². The highest BCUT2D eigenvalue weighted by molar-refractivity contribution is 5.97. The second kappa shape index (κ2) is 5.14. The van der Waals surface area contributed by atoms with Crippen molar-refractivity contribution in [1.82, 2.24) is 0 Å². The van der Waals surface area contributed by atoms with Crippen LogP contribution >= 0.6 is 0 Å². The first-order valence-electron chi connectivity index (χ1n) is 6.51. The number of hydrogen-bond acceptors (Lipinski definition) is 2. The molecule has 1 aliphatic rings. The van der Waals surface area contributed by atoms with E-state index in [4.69, 9.17) is 10.1 Å². The average Bonchev–Trinajstić information content (AvgIpc) is 2.86. The number of benzene rings is 2. The van der Waals surface area contributed by atoms with Crippen molar-refractivity contribution in [3.05, 3.63) is 54.6 Å². The van der Waals surface area contributed by atoms with Crippen LogP contribution in [0, 0.1) is 5.41 Å². The lowest BCUT2D eigenvalue weighted by Gasteiger charge is -2.18. The normalized spacial score (nSPS) is 14.7. The van der Waals surface area contributed by atoms with Gasteiger partial charge in [0.15, 0.2) is 0 Å². The standard InChI is InChI=1S/C16H16N2O/c17-16-10-5-11-18(16)13-6-4-9-15(12-13)19-14-7-2-1-3-8-14/h1-4,6-9,12,17H,5,10-11H2. The van der Waals surface area contributed by atoms with Crippen molar-refractivity contribution < 1.29 is 4.74 Å². The Hall–Kier alpha value is -2.29. The fraction of sp³-hybridized carbons (Fsp3) is 0.188. The van der Waals surface area contributed by atoms with Crippen LogP contribution in [-0.2, 0) is 0 Å². The Bertz CT molecular complexity index is 580. The van der Waals surface area contributed by atoms with Gasteiger partial charge in [0.25, 0.3) is 0 Å². The third kappa shape index (κ3) is 2.60. The third-order valence-electron chi connectivity index (χ3n) is 3.23. The Labute approximate surface area is 113 Å². The smallest absolute Gasteiger partial charge is 0.129 e. The summed E-state index contributed by atoms with van der Waals surface area (Å²) in [5, 5.41) is 7.92. The summed E-state index contributed by atoms with van der Waals surface area (Å²) in [5.41, 5.74) is 1.04. The molecule has 1 N–H and O–H groups in total. The van der Waals surface area contributed by atoms with Crippen molar-refractivity contribution in [2.24, 2.45) is 0 Å². The summed E-state index contributed by atoms with van der Waals surface area (Å²) in [6.07, 6.45) is 1.92. The van der Waals surface area contributed by atoms with E-state index in [0.29, 0.717) is 5.84 Å². The van der Waals surface area contributed by atoms with Crippen LogP contribution in [-0.4, -0.2) is 12.4 Å². The molecular weight excluding hydrogens is 236 g/mol. The molecule has 0 spiro atoms. The van der Waals surface area contributed by atoms with E-state index < -0.39 is 0 Å². The minimum Gasteiger partial charge on any atom is -0.457 e. The lowest BCUT2D eigenvalue weighted by Crippen LogP contribution is -2.22. The number of para-hydroxylation sites is 1. The molecule has 3 nitrogen and oxygen atoms in total. The maximum absolute atomic E-state index is 7.92. The molecular formula is C16H16N2O. The Morgan fingerprint density at radius 1 is 0.947 bits per heavy atom. The largest absolute Gasteiger partial charge is 0.457 e. The molecule has 0 atom stereocenters. The first-order valence-corrected chi connectivity index (χ1v) is 6.51. The van der Waals surface area contributed by atoms with Crippen LogP contribution in [0.25, 0.3) is 0 Å². The molecule has 0 amide bonds. The number of nitrogens with zero attached hydrogens (tertiary/aromatic N) is 1. The van der Waals surface area contributed by atoms with Crippen LogP contribution in [0.4, 0.5) is 5.69 Å². The highest BCUT2D eigenvalue weighted by atomic mass is 16.5. The molecule has 0 unspecified atom stereocenters. The van der Waals surface area contributed by atoms with E-state index in [2.05, 4.69) is 0 Å². The van der Waals surface area contributed by atoms with Crippen molar-refractivity contribution in [3.63, 3.8) is 0 Å². The van der Waals surface area contributed by atoms with Crippen LogP contribution in [0.3, 0.4) is 0 Å². The summed E-state index contributed by atoms with van der Waals surface area (Å²) in [6.45, 7) is 0.924. The molecule has 1 saturated heterocycles. The van der Waals surface area contributed by atoms with E-state index in [1.165, 1.54) is 0 Å². The monoisotopic (exact) mass is 252 g/mol. The second-order valence-corrected chi connectivity index (χ2v) is 4.61. The van der Waals surface area contributed by atoms with E-state index >= 15 is 0 Å². The van der Waals surface area contributed by atoms with Crippen molar-refractivity contribution in [1.29, 1.82) is 5.41 Å². The molecule has 19 heavy (non-hydrogen) atoms. The summed E-state index contributed by atoms with van der Waals surface area (Å²) >= 11 is 0. The van der Waals surface area contributed by atoms with Crippen LogP contribution in [0.15, 0.2) is 54.6 Å². The summed E-state index contributed by atoms with van der Waals surface area (Å²) in [5.74, 6) is 2.33. The molecule has 2 aromatic carbocycles. The SMILES string of the molecule is N=C1CCCN1c1cccc(Oc2ccccc2)c1. The van der Waals surface area contributed by atoms with E-state index in [1.54, 1.807) is 0 Å². The quantitative estimate of drug-likeness (QED) is 0.894. The van der Waals surface area contributed by atoms with Crippen molar-refractivity contribution in [3.8, 4) is 11.5 Å². The molecule has 2 aromatic rings. The van der Waals surface area contributed by atoms with E-state index in [9.17, 15) is 0 Å². The number of hydrogen-bond donors (Lipinski definition) is 1. The van der Waals surface area contributed by atoms with E-state index in [0.717, 1.165) is 36.6 Å². The maximum atomic E-state index is 7.92. The fourth-order valence-electron chi connectivity index (χ4n) is 2.30. The van der Waals surface area contributed by atoms with Gasteiger partial charge in [0.05, 0.1) is 0 Å². The lowest BCUT2D eigenvalue weighted by atomic mass is 10.2. The van der Waals surface area contributed by atoms with Gasteiger partial charge in [-0.1, -0.05) is 24.3 Å². The first-order chi connectivity index (χ1) is 9.33. The molecule has 96 valence electrons. The molecule has 3 heteroatoms. The predicted octanol–water partition coefficient (Wildman–Crippen LogP) is 4.06. The van der Waals surface area contributed by atoms with Gasteiger partial charge in [-0.3, -0.25) is 5.41 Å². The molecule has 1 heterocycles. The Kier molecular flexibility index (Phi) is 3.19. The van der Waals surface area contributed by atoms with Gasteiger partial charge >= 0.3 is 0 Å². The van der Waals surface area contributed by atoms with Crippen LogP contribution in [0.5, 0.6) is 11.5 Å². The van der Waals surface area contributed by atoms with Gasteiger partial charge in [-0.05, 0) is 30.7 Å². The molecule has 0 radical (unpaired) electrons. The molecule has 0 bridgehead atoms. The number of amidine groups is 1. The van der Waals surface area contributed by atoms with E-state index in [1.807, 2.05) is 59.5 Å². The Balaban J connectivity index is 1.82. The number of nitrogens with one attached hydrogen (secondary N) is 1. The first kappa shape index (κ1) is 11.8. The van der Waals surface area contributed by atoms with Crippen molar-refractivity contribution >= 4 is 11.5 Å². The summed E-state index contributed by atoms with van der Waals surface area (Å²) < 4.78 is 5.82. The third-order valence-corrected chi connectivity index (χ3v) is 3.23. The van der Waals surface area contributed by atoms with Gasteiger partial charge in [-0.2, -0.15) is 0 Å². The molecule has 1 aliphatic heterocycles. The zero-order chi connectivity index (χ0) is 13.1. The van der Waals surface area contributed by atoms with Gasteiger partial charge in [-0.25, -0.2) is 0 Å². The fourth-order valence-corrected chi connectivity index (χ4v) is 2.30. The minimum absolute atomic E-state index is 0.692. The summed E-state index contributed by atoms with van der Waals surface area (Å²) in [6, 6.07) is 17.7. The number of rotatable bonds is 3. The maximum Gasteiger partial charge on any atom is 0.129 e. The summed E-state index contributed by atoms with van der Waals surface area (Å²) in [7, 11) is 0. The van der Waals surface area contributed by atoms with Gasteiger partial charge < -0.3 is 9.64 Å². The van der Waals surface area contributed by atoms with E-state index in [-0.39, 0.29) is 0 Å². The van der Waals surface area contributed by atoms with Crippen LogP contribution in [0.1, 0.15) is 12.8 Å². The Morgan fingerprint density at radius 3 is 2.47 bits per heavy atom. The van der Waals surface area contributed by atoms with Crippen molar-refractivity contribution in [2.75, 3.05) is 11.4 Å². The number of ether oxygens (including phenoxy) is 1. The topological polar surface area (TPSA) is 36.3 Å². The number of anilines is 1. The molecule has 0 aliphatic carbocycles. The molecule has 0 saturated carbocycles. The zero-order valence-electron chi connectivity index (χ0n) is 10.7. The highest BCUT2D eigenvalue weighted by Gasteiger charge is 2.18. The zero-order valence-corrected chi connectivity index (χ0v) is 10.7.